The van der Waals surface area contributed by atoms with Crippen LogP contribution >= 0.6 is 23.2 Å². The number of nitrogens with zero attached hydrogens (tertiary/aromatic N) is 2. The Bertz CT molecular complexity index is 763. The molecular weight excluding hydrogens is 329 g/mol. The van der Waals surface area contributed by atoms with E-state index in [1.54, 1.807) is 12.1 Å². The van der Waals surface area contributed by atoms with Crippen molar-refractivity contribution < 1.29 is 9.72 Å². The lowest BCUT2D eigenvalue weighted by Crippen LogP contribution is -2.17. The van der Waals surface area contributed by atoms with Gasteiger partial charge in [0.05, 0.1) is 26.7 Å². The molecule has 0 unspecified atom stereocenters. The van der Waals surface area contributed by atoms with Crippen molar-refractivity contribution in [2.24, 2.45) is 5.10 Å². The third-order valence-electron chi connectivity index (χ3n) is 2.68. The summed E-state index contributed by atoms with van der Waals surface area (Å²) in [6, 6.07) is 10.4. The van der Waals surface area contributed by atoms with Gasteiger partial charge < -0.3 is 0 Å². The molecule has 2 aromatic carbocycles. The molecule has 0 spiro atoms. The summed E-state index contributed by atoms with van der Waals surface area (Å²) >= 11 is 11.6. The number of nitro groups is 1. The zero-order valence-corrected chi connectivity index (χ0v) is 12.5. The van der Waals surface area contributed by atoms with Gasteiger partial charge in [0.15, 0.2) is 0 Å². The fourth-order valence-electron chi connectivity index (χ4n) is 1.63. The Morgan fingerprint density at radius 3 is 2.59 bits per heavy atom. The molecule has 0 aliphatic carbocycles. The third kappa shape index (κ3) is 3.81. The summed E-state index contributed by atoms with van der Waals surface area (Å²) in [6.45, 7) is 0. The average molecular weight is 338 g/mol. The van der Waals surface area contributed by atoms with Gasteiger partial charge in [0.25, 0.3) is 11.6 Å². The highest BCUT2D eigenvalue weighted by Crippen LogP contribution is 2.22. The molecule has 2 rings (SSSR count). The van der Waals surface area contributed by atoms with Crippen molar-refractivity contribution in [3.63, 3.8) is 0 Å². The van der Waals surface area contributed by atoms with E-state index in [1.807, 2.05) is 0 Å². The van der Waals surface area contributed by atoms with Crippen molar-refractivity contribution in [3.05, 3.63) is 73.8 Å². The van der Waals surface area contributed by atoms with E-state index in [9.17, 15) is 14.9 Å². The molecule has 8 heteroatoms. The highest BCUT2D eigenvalue weighted by Gasteiger charge is 2.10. The van der Waals surface area contributed by atoms with Crippen LogP contribution in [0.15, 0.2) is 47.6 Å². The van der Waals surface area contributed by atoms with Crippen LogP contribution in [0.5, 0.6) is 0 Å². The minimum Gasteiger partial charge on any atom is -0.267 e. The Morgan fingerprint density at radius 2 is 1.91 bits per heavy atom. The van der Waals surface area contributed by atoms with Crippen LogP contribution in [0.1, 0.15) is 15.9 Å². The predicted octanol–water partition coefficient (Wildman–Crippen LogP) is 3.67. The Morgan fingerprint density at radius 1 is 1.18 bits per heavy atom. The van der Waals surface area contributed by atoms with Crippen LogP contribution in [0.25, 0.3) is 0 Å². The van der Waals surface area contributed by atoms with Crippen LogP contribution < -0.4 is 5.43 Å². The number of hydrogen-bond acceptors (Lipinski definition) is 4. The molecule has 0 aliphatic rings. The Balaban J connectivity index is 2.11. The summed E-state index contributed by atoms with van der Waals surface area (Å²) in [5.74, 6) is -0.506. The van der Waals surface area contributed by atoms with Crippen LogP contribution in [-0.4, -0.2) is 17.0 Å². The van der Waals surface area contributed by atoms with Gasteiger partial charge in [-0.2, -0.15) is 5.10 Å². The molecule has 0 aromatic heterocycles. The second-order valence-electron chi connectivity index (χ2n) is 4.14. The summed E-state index contributed by atoms with van der Waals surface area (Å²) in [7, 11) is 0. The summed E-state index contributed by atoms with van der Waals surface area (Å²) in [4.78, 5) is 22.2. The van der Waals surface area contributed by atoms with Crippen molar-refractivity contribution in [2.45, 2.75) is 0 Å². The van der Waals surface area contributed by atoms with E-state index in [0.29, 0.717) is 5.02 Å². The monoisotopic (exact) mass is 337 g/mol. The minimum atomic E-state index is -0.526. The molecule has 6 nitrogen and oxygen atoms in total. The van der Waals surface area contributed by atoms with E-state index in [-0.39, 0.29) is 21.8 Å². The molecule has 0 atom stereocenters. The van der Waals surface area contributed by atoms with E-state index >= 15 is 0 Å². The minimum absolute atomic E-state index is 0.102. The molecule has 1 amide bonds. The number of carbonyl (C=O) groups is 1. The zero-order chi connectivity index (χ0) is 16.1. The average Bonchev–Trinajstić information content (AvgIpc) is 2.50. The number of nitrogens with one attached hydrogen (secondary N) is 1. The topological polar surface area (TPSA) is 84.6 Å². The normalized spacial score (nSPS) is 10.6. The maximum atomic E-state index is 11.9. The first-order chi connectivity index (χ1) is 10.5. The quantitative estimate of drug-likeness (QED) is 0.524. The smallest absolute Gasteiger partial charge is 0.267 e. The lowest BCUT2D eigenvalue weighted by molar-refractivity contribution is -0.385. The van der Waals surface area contributed by atoms with Crippen LogP contribution in [0.2, 0.25) is 10.0 Å². The molecule has 2 aromatic rings. The summed E-state index contributed by atoms with van der Waals surface area (Å²) in [6.07, 6.45) is 1.20. The van der Waals surface area contributed by atoms with E-state index < -0.39 is 10.8 Å². The molecule has 22 heavy (non-hydrogen) atoms. The van der Waals surface area contributed by atoms with Gasteiger partial charge in [-0.25, -0.2) is 5.43 Å². The second-order valence-corrected chi connectivity index (χ2v) is 4.96. The van der Waals surface area contributed by atoms with Crippen molar-refractivity contribution in [1.82, 2.24) is 5.43 Å². The molecule has 0 heterocycles. The zero-order valence-electron chi connectivity index (χ0n) is 11.0. The van der Waals surface area contributed by atoms with E-state index in [0.717, 1.165) is 0 Å². The maximum Gasteiger partial charge on any atom is 0.278 e. The molecule has 0 radical (unpaired) electrons. The lowest BCUT2D eigenvalue weighted by Gasteiger charge is -2.01. The first-order valence-corrected chi connectivity index (χ1v) is 6.76. The van der Waals surface area contributed by atoms with Crippen molar-refractivity contribution in [1.29, 1.82) is 0 Å². The molecule has 0 saturated carbocycles. The van der Waals surface area contributed by atoms with Crippen LogP contribution in [0.3, 0.4) is 0 Å². The molecular formula is C14H9Cl2N3O3. The van der Waals surface area contributed by atoms with E-state index in [1.165, 1.54) is 36.5 Å². The standard InChI is InChI=1S/C14H9Cl2N3O3/c15-11-6-5-9(7-12(11)16)14(20)18-17-8-10-3-1-2-4-13(10)19(21)22/h1-8H,(H,18,20)/b17-8+. The number of halogens is 2. The molecule has 0 saturated heterocycles. The van der Waals surface area contributed by atoms with Crippen molar-refractivity contribution in [3.8, 4) is 0 Å². The Kier molecular flexibility index (Phi) is 5.08. The number of benzene rings is 2. The number of hydrazone groups is 1. The van der Waals surface area contributed by atoms with E-state index in [4.69, 9.17) is 23.2 Å². The van der Waals surface area contributed by atoms with E-state index in [2.05, 4.69) is 10.5 Å². The van der Waals surface area contributed by atoms with Gasteiger partial charge >= 0.3 is 0 Å². The number of hydrogen-bond donors (Lipinski definition) is 1. The highest BCUT2D eigenvalue weighted by atomic mass is 35.5. The molecule has 112 valence electrons. The molecule has 0 bridgehead atoms. The van der Waals surface area contributed by atoms with Crippen LogP contribution in [0, 0.1) is 10.1 Å². The number of nitro benzene ring substituents is 1. The van der Waals surface area contributed by atoms with Gasteiger partial charge in [0, 0.05) is 11.6 Å². The summed E-state index contributed by atoms with van der Waals surface area (Å²) in [5.41, 5.74) is 2.72. The second kappa shape index (κ2) is 7.02. The van der Waals surface area contributed by atoms with Crippen molar-refractivity contribution >= 4 is 41.0 Å². The van der Waals surface area contributed by atoms with Crippen LogP contribution in [-0.2, 0) is 0 Å². The number of amides is 1. The lowest BCUT2D eigenvalue weighted by atomic mass is 10.2. The number of para-hydroxylation sites is 1. The van der Waals surface area contributed by atoms with Gasteiger partial charge in [-0.3, -0.25) is 14.9 Å². The van der Waals surface area contributed by atoms with Gasteiger partial charge in [0.1, 0.15) is 0 Å². The van der Waals surface area contributed by atoms with Gasteiger partial charge in [0.2, 0.25) is 0 Å². The number of rotatable bonds is 4. The number of carbonyl (C=O) groups excluding carboxylic acids is 1. The van der Waals surface area contributed by atoms with Gasteiger partial charge in [-0.15, -0.1) is 0 Å². The largest absolute Gasteiger partial charge is 0.278 e. The fourth-order valence-corrected chi connectivity index (χ4v) is 1.92. The molecule has 1 N–H and O–H groups in total. The molecule has 0 fully saturated rings. The Hall–Kier alpha value is -2.44. The third-order valence-corrected chi connectivity index (χ3v) is 3.42. The first-order valence-electron chi connectivity index (χ1n) is 6.01. The highest BCUT2D eigenvalue weighted by molar-refractivity contribution is 6.42. The SMILES string of the molecule is O=C(N/N=C/c1ccccc1[N+](=O)[O-])c1ccc(Cl)c(Cl)c1. The maximum absolute atomic E-state index is 11.9. The van der Waals surface area contributed by atoms with Gasteiger partial charge in [-0.05, 0) is 24.3 Å². The van der Waals surface area contributed by atoms with Crippen molar-refractivity contribution in [2.75, 3.05) is 0 Å². The fraction of sp³-hybridized carbons (Fsp3) is 0. The van der Waals surface area contributed by atoms with Crippen LogP contribution in [0.4, 0.5) is 5.69 Å². The Labute approximate surface area is 135 Å². The van der Waals surface area contributed by atoms with Gasteiger partial charge in [-0.1, -0.05) is 35.3 Å². The first kappa shape index (κ1) is 15.9. The summed E-state index contributed by atoms with van der Waals surface area (Å²) in [5, 5.41) is 15.1. The summed E-state index contributed by atoms with van der Waals surface area (Å²) < 4.78 is 0. The predicted molar refractivity (Wildman–Crippen MR) is 84.6 cm³/mol. The molecule has 0 aliphatic heterocycles.